The molecule has 28 heavy (non-hydrogen) atoms. The molecule has 2 amide bonds. The van der Waals surface area contributed by atoms with Crippen LogP contribution in [0.1, 0.15) is 35.3 Å². The monoisotopic (exact) mass is 421 g/mol. The van der Waals surface area contributed by atoms with Gasteiger partial charge in [-0.05, 0) is 42.4 Å². The number of halogens is 2. The number of benzene rings is 2. The molecule has 0 aromatic heterocycles. The first-order valence-corrected chi connectivity index (χ1v) is 9.99. The minimum absolute atomic E-state index is 0.129. The van der Waals surface area contributed by atoms with Crippen LogP contribution in [0, 0.1) is 0 Å². The third-order valence-corrected chi connectivity index (χ3v) is 5.02. The average molecular weight is 422 g/mol. The van der Waals surface area contributed by atoms with Crippen molar-refractivity contribution in [2.75, 3.05) is 19.6 Å². The standard InChI is InChI=1S/C21H25Cl2N3O2/c1-3-26(4-2)14-16-8-6-5-7-15(16)12-24-20(27)13-25-21(28)18-10-9-17(22)11-19(18)23/h5-11H,3-4,12-14H2,1-2H3,(H,24,27)(H,25,28). The van der Waals surface area contributed by atoms with Crippen molar-refractivity contribution < 1.29 is 9.59 Å². The number of amides is 2. The highest BCUT2D eigenvalue weighted by atomic mass is 35.5. The minimum Gasteiger partial charge on any atom is -0.350 e. The van der Waals surface area contributed by atoms with Crippen LogP contribution in [0.2, 0.25) is 10.0 Å². The molecule has 0 aliphatic carbocycles. The lowest BCUT2D eigenvalue weighted by Crippen LogP contribution is -2.37. The Balaban J connectivity index is 1.88. The molecule has 7 heteroatoms. The second-order valence-corrected chi connectivity index (χ2v) is 7.16. The maximum Gasteiger partial charge on any atom is 0.253 e. The van der Waals surface area contributed by atoms with E-state index in [-0.39, 0.29) is 23.0 Å². The van der Waals surface area contributed by atoms with E-state index < -0.39 is 5.91 Å². The predicted octanol–water partition coefficient (Wildman–Crippen LogP) is 3.88. The smallest absolute Gasteiger partial charge is 0.253 e. The molecule has 0 aliphatic rings. The van der Waals surface area contributed by atoms with Crippen LogP contribution < -0.4 is 10.6 Å². The van der Waals surface area contributed by atoms with Crippen molar-refractivity contribution in [2.24, 2.45) is 0 Å². The zero-order valence-electron chi connectivity index (χ0n) is 16.1. The molecule has 5 nitrogen and oxygen atoms in total. The van der Waals surface area contributed by atoms with Crippen molar-refractivity contribution in [1.29, 1.82) is 0 Å². The van der Waals surface area contributed by atoms with Gasteiger partial charge in [0.25, 0.3) is 5.91 Å². The Labute approximate surface area is 176 Å². The number of rotatable bonds is 9. The van der Waals surface area contributed by atoms with Crippen molar-refractivity contribution >= 4 is 35.0 Å². The van der Waals surface area contributed by atoms with Crippen LogP contribution in [-0.2, 0) is 17.9 Å². The molecule has 0 bridgehead atoms. The lowest BCUT2D eigenvalue weighted by molar-refractivity contribution is -0.120. The fourth-order valence-electron chi connectivity index (χ4n) is 2.76. The van der Waals surface area contributed by atoms with Gasteiger partial charge in [-0.3, -0.25) is 14.5 Å². The molecule has 150 valence electrons. The van der Waals surface area contributed by atoms with Gasteiger partial charge < -0.3 is 10.6 Å². The molecule has 0 saturated heterocycles. The van der Waals surface area contributed by atoms with Crippen molar-refractivity contribution in [2.45, 2.75) is 26.9 Å². The van der Waals surface area contributed by atoms with E-state index in [4.69, 9.17) is 23.2 Å². The van der Waals surface area contributed by atoms with Gasteiger partial charge in [0.2, 0.25) is 5.91 Å². The molecule has 2 N–H and O–H groups in total. The molecule has 0 spiro atoms. The molecule has 2 aromatic carbocycles. The summed E-state index contributed by atoms with van der Waals surface area (Å²) in [5, 5.41) is 6.12. The Morgan fingerprint density at radius 2 is 1.64 bits per heavy atom. The molecular formula is C21H25Cl2N3O2. The topological polar surface area (TPSA) is 61.4 Å². The summed E-state index contributed by atoms with van der Waals surface area (Å²) >= 11 is 11.8. The van der Waals surface area contributed by atoms with Gasteiger partial charge in [-0.15, -0.1) is 0 Å². The zero-order chi connectivity index (χ0) is 20.5. The van der Waals surface area contributed by atoms with Crippen molar-refractivity contribution in [3.05, 3.63) is 69.2 Å². The van der Waals surface area contributed by atoms with Gasteiger partial charge in [0, 0.05) is 18.1 Å². The highest BCUT2D eigenvalue weighted by Gasteiger charge is 2.12. The van der Waals surface area contributed by atoms with Gasteiger partial charge in [0.1, 0.15) is 0 Å². The van der Waals surface area contributed by atoms with Gasteiger partial charge in [0.05, 0.1) is 17.1 Å². The van der Waals surface area contributed by atoms with E-state index in [0.29, 0.717) is 11.6 Å². The van der Waals surface area contributed by atoms with Crippen LogP contribution in [0.15, 0.2) is 42.5 Å². The summed E-state index contributed by atoms with van der Waals surface area (Å²) in [5.41, 5.74) is 2.53. The normalized spacial score (nSPS) is 10.8. The Bertz CT molecular complexity index is 823. The Hall–Kier alpha value is -2.08. The first kappa shape index (κ1) is 22.2. The molecule has 0 radical (unpaired) electrons. The SMILES string of the molecule is CCN(CC)Cc1ccccc1CNC(=O)CNC(=O)c1ccc(Cl)cc1Cl. The van der Waals surface area contributed by atoms with E-state index >= 15 is 0 Å². The Morgan fingerprint density at radius 1 is 0.964 bits per heavy atom. The van der Waals surface area contributed by atoms with E-state index in [1.165, 1.54) is 17.7 Å². The van der Waals surface area contributed by atoms with Gasteiger partial charge in [-0.25, -0.2) is 0 Å². The fourth-order valence-corrected chi connectivity index (χ4v) is 3.25. The van der Waals surface area contributed by atoms with Crippen LogP contribution in [-0.4, -0.2) is 36.3 Å². The highest BCUT2D eigenvalue weighted by molar-refractivity contribution is 6.36. The molecule has 2 aromatic rings. The summed E-state index contributed by atoms with van der Waals surface area (Å²) in [7, 11) is 0. The summed E-state index contributed by atoms with van der Waals surface area (Å²) < 4.78 is 0. The van der Waals surface area contributed by atoms with Crippen LogP contribution >= 0.6 is 23.2 Å². The van der Waals surface area contributed by atoms with Gasteiger partial charge in [-0.1, -0.05) is 61.3 Å². The number of hydrogen-bond donors (Lipinski definition) is 2. The highest BCUT2D eigenvalue weighted by Crippen LogP contribution is 2.20. The Morgan fingerprint density at radius 3 is 2.29 bits per heavy atom. The molecule has 0 saturated carbocycles. The quantitative estimate of drug-likeness (QED) is 0.645. The fraction of sp³-hybridized carbons (Fsp3) is 0.333. The number of nitrogens with one attached hydrogen (secondary N) is 2. The molecule has 0 fully saturated rings. The molecule has 0 unspecified atom stereocenters. The van der Waals surface area contributed by atoms with E-state index in [1.54, 1.807) is 6.07 Å². The summed E-state index contributed by atoms with van der Waals surface area (Å²) in [6.07, 6.45) is 0. The third kappa shape index (κ3) is 6.51. The van der Waals surface area contributed by atoms with Gasteiger partial charge in [0.15, 0.2) is 0 Å². The van der Waals surface area contributed by atoms with Gasteiger partial charge in [-0.2, -0.15) is 0 Å². The maximum atomic E-state index is 12.2. The molecule has 0 atom stereocenters. The summed E-state index contributed by atoms with van der Waals surface area (Å²) in [6, 6.07) is 12.6. The van der Waals surface area contributed by atoms with Crippen molar-refractivity contribution in [3.63, 3.8) is 0 Å². The van der Waals surface area contributed by atoms with Crippen LogP contribution in [0.5, 0.6) is 0 Å². The first-order chi connectivity index (χ1) is 13.4. The summed E-state index contributed by atoms with van der Waals surface area (Å²) in [6.45, 7) is 7.31. The van der Waals surface area contributed by atoms with E-state index in [1.807, 2.05) is 18.2 Å². The zero-order valence-corrected chi connectivity index (χ0v) is 17.6. The first-order valence-electron chi connectivity index (χ1n) is 9.23. The lowest BCUT2D eigenvalue weighted by Gasteiger charge is -2.20. The maximum absolute atomic E-state index is 12.2. The van der Waals surface area contributed by atoms with Crippen LogP contribution in [0.4, 0.5) is 0 Å². The third-order valence-electron chi connectivity index (χ3n) is 4.47. The molecule has 0 heterocycles. The number of carbonyl (C=O) groups is 2. The van der Waals surface area contributed by atoms with E-state index in [0.717, 1.165) is 25.2 Å². The minimum atomic E-state index is -0.418. The predicted molar refractivity (Wildman–Crippen MR) is 114 cm³/mol. The van der Waals surface area contributed by atoms with Crippen molar-refractivity contribution in [3.8, 4) is 0 Å². The van der Waals surface area contributed by atoms with E-state index in [2.05, 4.69) is 35.4 Å². The second kappa shape index (κ2) is 11.1. The summed E-state index contributed by atoms with van der Waals surface area (Å²) in [5.74, 6) is -0.685. The number of hydrogen-bond acceptors (Lipinski definition) is 3. The van der Waals surface area contributed by atoms with Crippen LogP contribution in [0.25, 0.3) is 0 Å². The second-order valence-electron chi connectivity index (χ2n) is 6.31. The average Bonchev–Trinajstić information content (AvgIpc) is 2.69. The van der Waals surface area contributed by atoms with Gasteiger partial charge >= 0.3 is 0 Å². The largest absolute Gasteiger partial charge is 0.350 e. The summed E-state index contributed by atoms with van der Waals surface area (Å²) in [4.78, 5) is 26.6. The molecule has 0 aliphatic heterocycles. The van der Waals surface area contributed by atoms with E-state index in [9.17, 15) is 9.59 Å². The number of nitrogens with zero attached hydrogens (tertiary/aromatic N) is 1. The van der Waals surface area contributed by atoms with Crippen LogP contribution in [0.3, 0.4) is 0 Å². The molecule has 2 rings (SSSR count). The number of carbonyl (C=O) groups excluding carboxylic acids is 2. The Kier molecular flexibility index (Phi) is 8.77. The van der Waals surface area contributed by atoms with Crippen molar-refractivity contribution in [1.82, 2.24) is 15.5 Å². The molecular weight excluding hydrogens is 397 g/mol. The lowest BCUT2D eigenvalue weighted by atomic mass is 10.1.